The smallest absolute Gasteiger partial charge is 0.124 e. The largest absolute Gasteiger partial charge is 0.277 e. The maximum absolute atomic E-state index is 6.34. The van der Waals surface area contributed by atoms with Crippen LogP contribution in [0.1, 0.15) is 52.9 Å². The lowest BCUT2D eigenvalue weighted by Crippen LogP contribution is -2.88. The van der Waals surface area contributed by atoms with Gasteiger partial charge in [0.25, 0.3) is 0 Å². The van der Waals surface area contributed by atoms with Crippen LogP contribution in [0.3, 0.4) is 0 Å². The fourth-order valence-electron chi connectivity index (χ4n) is 5.80. The predicted octanol–water partition coefficient (Wildman–Crippen LogP) is 2.95. The average molecular weight is 308 g/mol. The van der Waals surface area contributed by atoms with E-state index in [0.29, 0.717) is 22.9 Å². The number of hydrogen-bond acceptors (Lipinski definition) is 5. The van der Waals surface area contributed by atoms with Gasteiger partial charge in [0.05, 0.1) is 13.2 Å². The van der Waals surface area contributed by atoms with Gasteiger partial charge in [0.15, 0.2) is 0 Å². The molecule has 2 bridgehead atoms. The molecule has 5 heteroatoms. The second-order valence-corrected chi connectivity index (χ2v) is 8.27. The van der Waals surface area contributed by atoms with Gasteiger partial charge in [0.2, 0.25) is 0 Å². The molecule has 0 radical (unpaired) electrons. The van der Waals surface area contributed by atoms with E-state index in [0.717, 1.165) is 25.8 Å². The lowest BCUT2D eigenvalue weighted by molar-refractivity contribution is -0.445. The molecule has 0 aromatic heterocycles. The summed E-state index contributed by atoms with van der Waals surface area (Å²) in [4.78, 5) is 17.6. The first kappa shape index (κ1) is 14.9. The van der Waals surface area contributed by atoms with Crippen molar-refractivity contribution in [3.63, 3.8) is 0 Å². The summed E-state index contributed by atoms with van der Waals surface area (Å²) in [6, 6.07) is 0. The Morgan fingerprint density at radius 3 is 2.77 bits per heavy atom. The van der Waals surface area contributed by atoms with Crippen molar-refractivity contribution in [1.29, 1.82) is 0 Å². The van der Waals surface area contributed by atoms with Crippen molar-refractivity contribution < 1.29 is 14.5 Å². The standard InChI is InChI=1S/C17H28N2O3/c1-5-18-20-9-7-6-8-19-21-13-10-16-11-17(12-16,14(16,2)3)15(13,4)22-19/h5,13,18H,1,6-12H2,2-4H3/t13?,15-,16?,17?/m0/s1. The van der Waals surface area contributed by atoms with Crippen LogP contribution in [-0.2, 0) is 14.5 Å². The van der Waals surface area contributed by atoms with E-state index in [-0.39, 0.29) is 11.7 Å². The Kier molecular flexibility index (Phi) is 3.04. The highest BCUT2D eigenvalue weighted by molar-refractivity contribution is 5.38. The zero-order valence-corrected chi connectivity index (χ0v) is 14.0. The quantitative estimate of drug-likeness (QED) is 0.578. The number of hydrogen-bond donors (Lipinski definition) is 1. The van der Waals surface area contributed by atoms with E-state index in [1.54, 1.807) is 5.23 Å². The molecule has 1 saturated heterocycles. The van der Waals surface area contributed by atoms with Crippen molar-refractivity contribution in [3.05, 3.63) is 12.8 Å². The van der Waals surface area contributed by atoms with E-state index in [2.05, 4.69) is 32.8 Å². The van der Waals surface area contributed by atoms with Crippen LogP contribution in [0.5, 0.6) is 0 Å². The second-order valence-electron chi connectivity index (χ2n) is 8.27. The van der Waals surface area contributed by atoms with Crippen molar-refractivity contribution in [1.82, 2.24) is 10.7 Å². The van der Waals surface area contributed by atoms with Crippen LogP contribution in [-0.4, -0.2) is 30.1 Å². The fourth-order valence-corrected chi connectivity index (χ4v) is 5.80. The second kappa shape index (κ2) is 4.47. The third-order valence-electron chi connectivity index (χ3n) is 7.48. The Morgan fingerprint density at radius 1 is 1.32 bits per heavy atom. The lowest BCUT2D eigenvalue weighted by atomic mass is 9.15. The van der Waals surface area contributed by atoms with Crippen LogP contribution in [0.25, 0.3) is 0 Å². The van der Waals surface area contributed by atoms with Crippen LogP contribution < -0.4 is 5.48 Å². The van der Waals surface area contributed by atoms with E-state index in [9.17, 15) is 0 Å². The van der Waals surface area contributed by atoms with Gasteiger partial charge in [-0.15, -0.1) is 0 Å². The van der Waals surface area contributed by atoms with Crippen molar-refractivity contribution in [2.24, 2.45) is 16.2 Å². The molecule has 2 atom stereocenters. The number of rotatable bonds is 7. The van der Waals surface area contributed by atoms with Gasteiger partial charge in [-0.3, -0.25) is 20.0 Å². The Bertz CT molecular complexity index is 486. The fraction of sp³-hybridized carbons (Fsp3) is 0.882. The molecule has 1 aliphatic heterocycles. The first-order valence-electron chi connectivity index (χ1n) is 8.53. The van der Waals surface area contributed by atoms with Crippen LogP contribution >= 0.6 is 0 Å². The summed E-state index contributed by atoms with van der Waals surface area (Å²) >= 11 is 0. The molecule has 1 unspecified atom stereocenters. The van der Waals surface area contributed by atoms with Crippen LogP contribution in [0.2, 0.25) is 0 Å². The molecule has 7 aliphatic rings. The topological polar surface area (TPSA) is 43.0 Å². The SMILES string of the molecule is C=CNOCCCCN1OC2CC34CC(C3)(C4(C)C)[C@@]2(C)O1. The van der Waals surface area contributed by atoms with Gasteiger partial charge in [-0.05, 0) is 49.9 Å². The molecule has 0 spiro atoms. The summed E-state index contributed by atoms with van der Waals surface area (Å²) < 4.78 is 0. The molecule has 0 amide bonds. The predicted molar refractivity (Wildman–Crippen MR) is 82.1 cm³/mol. The maximum atomic E-state index is 6.34. The first-order valence-corrected chi connectivity index (χ1v) is 8.53. The minimum atomic E-state index is -0.141. The van der Waals surface area contributed by atoms with Crippen molar-refractivity contribution in [3.8, 4) is 0 Å². The molecular formula is C17H28N2O3. The Labute approximate surface area is 132 Å². The van der Waals surface area contributed by atoms with Gasteiger partial charge >= 0.3 is 0 Å². The summed E-state index contributed by atoms with van der Waals surface area (Å²) in [6.45, 7) is 12.1. The Balaban J connectivity index is 1.32. The van der Waals surface area contributed by atoms with E-state index in [1.807, 2.05) is 0 Å². The summed E-state index contributed by atoms with van der Waals surface area (Å²) in [5.41, 5.74) is 3.77. The van der Waals surface area contributed by atoms with Crippen LogP contribution in [0, 0.1) is 16.2 Å². The third kappa shape index (κ3) is 1.49. The molecular weight excluding hydrogens is 280 g/mol. The molecule has 1 N–H and O–H groups in total. The maximum Gasteiger partial charge on any atom is 0.124 e. The monoisotopic (exact) mass is 308 g/mol. The van der Waals surface area contributed by atoms with Crippen LogP contribution in [0.15, 0.2) is 12.8 Å². The van der Waals surface area contributed by atoms with E-state index < -0.39 is 0 Å². The van der Waals surface area contributed by atoms with E-state index >= 15 is 0 Å². The highest BCUT2D eigenvalue weighted by Crippen LogP contribution is 2.92. The minimum Gasteiger partial charge on any atom is -0.277 e. The first-order chi connectivity index (χ1) is 10.4. The van der Waals surface area contributed by atoms with Crippen molar-refractivity contribution >= 4 is 0 Å². The highest BCUT2D eigenvalue weighted by atomic mass is 17.0. The number of unbranched alkanes of at least 4 members (excludes halogenated alkanes) is 1. The van der Waals surface area contributed by atoms with Gasteiger partial charge in [-0.2, -0.15) is 0 Å². The molecule has 22 heavy (non-hydrogen) atoms. The molecule has 6 saturated carbocycles. The third-order valence-corrected chi connectivity index (χ3v) is 7.48. The van der Waals surface area contributed by atoms with E-state index in [1.165, 1.54) is 19.0 Å². The zero-order valence-electron chi connectivity index (χ0n) is 14.0. The molecule has 124 valence electrons. The molecule has 0 aromatic rings. The molecule has 5 nitrogen and oxygen atoms in total. The minimum absolute atomic E-state index is 0.141. The summed E-state index contributed by atoms with van der Waals surface area (Å²) in [6.07, 6.45) is 7.55. The van der Waals surface area contributed by atoms with E-state index in [4.69, 9.17) is 14.5 Å². The zero-order chi connectivity index (χ0) is 15.6. The Morgan fingerprint density at radius 2 is 2.09 bits per heavy atom. The van der Waals surface area contributed by atoms with Crippen molar-refractivity contribution in [2.45, 2.75) is 64.6 Å². The van der Waals surface area contributed by atoms with Gasteiger partial charge in [-0.25, -0.2) is 0 Å². The van der Waals surface area contributed by atoms with Gasteiger partial charge in [-0.1, -0.05) is 25.7 Å². The molecule has 7 rings (SSSR count). The Hall–Kier alpha value is -0.620. The lowest BCUT2D eigenvalue weighted by Gasteiger charge is -2.89. The number of hydroxylamine groups is 3. The van der Waals surface area contributed by atoms with Crippen LogP contribution in [0.4, 0.5) is 0 Å². The van der Waals surface area contributed by atoms with Gasteiger partial charge < -0.3 is 0 Å². The molecule has 1 heterocycles. The summed E-state index contributed by atoms with van der Waals surface area (Å²) in [5.74, 6) is 0. The molecule has 0 aromatic carbocycles. The normalized spacial score (nSPS) is 47.3. The summed E-state index contributed by atoms with van der Waals surface area (Å²) in [5, 5.41) is 1.75. The van der Waals surface area contributed by atoms with Gasteiger partial charge in [0.1, 0.15) is 11.7 Å². The highest BCUT2D eigenvalue weighted by Gasteiger charge is 2.91. The number of nitrogens with one attached hydrogen (secondary N) is 1. The average Bonchev–Trinajstić information content (AvgIpc) is 2.78. The summed E-state index contributed by atoms with van der Waals surface area (Å²) in [7, 11) is 0. The van der Waals surface area contributed by atoms with Gasteiger partial charge in [0, 0.05) is 11.6 Å². The molecule has 7 fully saturated rings. The molecule has 6 aliphatic carbocycles. The number of nitrogens with zero attached hydrogens (tertiary/aromatic N) is 1. The van der Waals surface area contributed by atoms with Crippen molar-refractivity contribution in [2.75, 3.05) is 13.2 Å².